The molecule has 0 N–H and O–H groups in total. The summed E-state index contributed by atoms with van der Waals surface area (Å²) in [5, 5.41) is 10.1. The predicted octanol–water partition coefficient (Wildman–Crippen LogP) is 16.1. The minimum atomic E-state index is -0.415. The predicted molar refractivity (Wildman–Crippen MR) is 264 cm³/mol. The highest BCUT2D eigenvalue weighted by Gasteiger charge is 2.51. The SMILES string of the molecule is c1cc(-c2nc3ccccc3c3cc4c(cc23)-c2ccccc2C42c3ccccc3-c3ccccc32)cc(-n2c3cc4c(cc3c3c5ccccc5sc32)sc2ccccc24)c1. The third-order valence-electron chi connectivity index (χ3n) is 14.0. The molecular formula is C58H32N2S2. The number of hydrogen-bond acceptors (Lipinski definition) is 3. The number of benzene rings is 9. The van der Waals surface area contributed by atoms with Gasteiger partial charge in [-0.3, -0.25) is 0 Å². The molecule has 4 heteroatoms. The van der Waals surface area contributed by atoms with E-state index in [0.29, 0.717) is 0 Å². The molecule has 286 valence electrons. The summed E-state index contributed by atoms with van der Waals surface area (Å²) in [6.45, 7) is 0. The van der Waals surface area contributed by atoms with Gasteiger partial charge in [0.1, 0.15) is 4.83 Å². The van der Waals surface area contributed by atoms with Crippen molar-refractivity contribution in [1.82, 2.24) is 9.55 Å². The maximum absolute atomic E-state index is 5.56. The number of para-hydroxylation sites is 1. The summed E-state index contributed by atoms with van der Waals surface area (Å²) < 4.78 is 6.47. The molecule has 13 aromatic rings. The Morgan fingerprint density at radius 3 is 1.77 bits per heavy atom. The van der Waals surface area contributed by atoms with Gasteiger partial charge in [0.25, 0.3) is 0 Å². The van der Waals surface area contributed by atoms with Gasteiger partial charge in [0, 0.05) is 63.1 Å². The number of thiophene rings is 2. The molecule has 0 bridgehead atoms. The van der Waals surface area contributed by atoms with E-state index in [4.69, 9.17) is 4.98 Å². The highest BCUT2D eigenvalue weighted by molar-refractivity contribution is 7.26. The molecule has 0 fully saturated rings. The Bertz CT molecular complexity index is 4080. The van der Waals surface area contributed by atoms with Gasteiger partial charge in [-0.2, -0.15) is 0 Å². The van der Waals surface area contributed by atoms with Crippen LogP contribution in [-0.4, -0.2) is 9.55 Å². The minimum absolute atomic E-state index is 0.415. The number of aromatic nitrogens is 2. The van der Waals surface area contributed by atoms with Gasteiger partial charge in [-0.05, 0) is 104 Å². The molecule has 0 atom stereocenters. The first kappa shape index (κ1) is 33.4. The van der Waals surface area contributed by atoms with Crippen LogP contribution in [0.5, 0.6) is 0 Å². The van der Waals surface area contributed by atoms with Gasteiger partial charge in [-0.15, -0.1) is 22.7 Å². The standard InChI is InChI=1S/C58H32N2S2/c1-7-22-46-35(16-1)36-17-2-8-23-47(36)58(46)48-24-9-3-18-37(48)42-29-44-41(30-49(42)58)38-19-4-10-25-50(38)59-56(44)33-14-13-15-34(28-33)60-51-31-43-39-20-5-11-26-52(39)61-54(43)32-45(51)55-40-21-6-12-27-53(40)62-57(55)60/h1-32H. The molecule has 0 saturated carbocycles. The van der Waals surface area contributed by atoms with Crippen LogP contribution in [0.1, 0.15) is 22.3 Å². The number of pyridine rings is 1. The number of nitrogens with zero attached hydrogens (tertiary/aromatic N) is 2. The molecule has 4 heterocycles. The number of hydrogen-bond donors (Lipinski definition) is 0. The zero-order valence-corrected chi connectivity index (χ0v) is 34.8. The van der Waals surface area contributed by atoms with Gasteiger partial charge >= 0.3 is 0 Å². The second-order valence-electron chi connectivity index (χ2n) is 16.9. The van der Waals surface area contributed by atoms with Crippen molar-refractivity contribution in [3.8, 4) is 39.2 Å². The molecule has 62 heavy (non-hydrogen) atoms. The molecule has 15 rings (SSSR count). The molecule has 0 amide bonds. The molecule has 0 saturated heterocycles. The summed E-state index contributed by atoms with van der Waals surface area (Å²) in [6.07, 6.45) is 0. The monoisotopic (exact) mass is 820 g/mol. The fourth-order valence-corrected chi connectivity index (χ4v) is 13.9. The Morgan fingerprint density at radius 2 is 1.02 bits per heavy atom. The molecule has 0 radical (unpaired) electrons. The Balaban J connectivity index is 1.02. The molecule has 1 spiro atoms. The molecule has 2 aliphatic rings. The van der Waals surface area contributed by atoms with Crippen molar-refractivity contribution >= 4 is 95.7 Å². The first-order valence-electron chi connectivity index (χ1n) is 21.3. The average molecular weight is 821 g/mol. The van der Waals surface area contributed by atoms with Crippen LogP contribution >= 0.6 is 22.7 Å². The summed E-state index contributed by atoms with van der Waals surface area (Å²) in [6, 6.07) is 72.7. The van der Waals surface area contributed by atoms with Crippen molar-refractivity contribution in [2.45, 2.75) is 5.41 Å². The van der Waals surface area contributed by atoms with Crippen molar-refractivity contribution in [1.29, 1.82) is 0 Å². The Hall–Kier alpha value is -7.37. The van der Waals surface area contributed by atoms with Gasteiger partial charge in [0.15, 0.2) is 0 Å². The zero-order valence-electron chi connectivity index (χ0n) is 33.2. The van der Waals surface area contributed by atoms with E-state index in [1.807, 2.05) is 22.7 Å². The molecule has 9 aromatic carbocycles. The van der Waals surface area contributed by atoms with Gasteiger partial charge < -0.3 is 4.57 Å². The summed E-state index contributed by atoms with van der Waals surface area (Å²) in [5.74, 6) is 0. The fourth-order valence-electron chi connectivity index (χ4n) is 11.5. The van der Waals surface area contributed by atoms with Crippen molar-refractivity contribution in [3.63, 3.8) is 0 Å². The maximum atomic E-state index is 5.56. The van der Waals surface area contributed by atoms with Crippen LogP contribution in [-0.2, 0) is 5.41 Å². The highest BCUT2D eigenvalue weighted by atomic mass is 32.1. The van der Waals surface area contributed by atoms with E-state index in [0.717, 1.165) is 22.5 Å². The van der Waals surface area contributed by atoms with Crippen LogP contribution < -0.4 is 0 Å². The van der Waals surface area contributed by atoms with E-state index >= 15 is 0 Å². The maximum Gasteiger partial charge on any atom is 0.109 e. The topological polar surface area (TPSA) is 17.8 Å². The third kappa shape index (κ3) is 4.12. The van der Waals surface area contributed by atoms with Crippen molar-refractivity contribution in [3.05, 3.63) is 216 Å². The first-order chi connectivity index (χ1) is 30.7. The van der Waals surface area contributed by atoms with Gasteiger partial charge in [0.05, 0.1) is 22.1 Å². The smallest absolute Gasteiger partial charge is 0.109 e. The van der Waals surface area contributed by atoms with Crippen LogP contribution in [0, 0.1) is 0 Å². The van der Waals surface area contributed by atoms with E-state index in [1.54, 1.807) is 0 Å². The van der Waals surface area contributed by atoms with E-state index in [1.165, 1.54) is 112 Å². The minimum Gasteiger partial charge on any atom is -0.301 e. The van der Waals surface area contributed by atoms with Crippen molar-refractivity contribution in [2.75, 3.05) is 0 Å². The first-order valence-corrected chi connectivity index (χ1v) is 22.9. The van der Waals surface area contributed by atoms with Crippen LogP contribution in [0.15, 0.2) is 194 Å². The zero-order chi connectivity index (χ0) is 40.3. The van der Waals surface area contributed by atoms with E-state index in [-0.39, 0.29) is 0 Å². The lowest BCUT2D eigenvalue weighted by Crippen LogP contribution is -2.25. The summed E-state index contributed by atoms with van der Waals surface area (Å²) in [5.41, 5.74) is 15.7. The van der Waals surface area contributed by atoms with Crippen molar-refractivity contribution < 1.29 is 0 Å². The lowest BCUT2D eigenvalue weighted by atomic mass is 9.70. The van der Waals surface area contributed by atoms with Crippen LogP contribution in [0.4, 0.5) is 0 Å². The fraction of sp³-hybridized carbons (Fsp3) is 0.0172. The summed E-state index contributed by atoms with van der Waals surface area (Å²) in [4.78, 5) is 6.83. The summed E-state index contributed by atoms with van der Waals surface area (Å²) in [7, 11) is 0. The van der Waals surface area contributed by atoms with Crippen LogP contribution in [0.2, 0.25) is 0 Å². The molecule has 0 unspecified atom stereocenters. The van der Waals surface area contributed by atoms with Gasteiger partial charge in [0.2, 0.25) is 0 Å². The molecule has 2 aliphatic carbocycles. The molecule has 4 aromatic heterocycles. The Labute approximate surface area is 364 Å². The quantitative estimate of drug-likeness (QED) is 0.159. The lowest BCUT2D eigenvalue weighted by Gasteiger charge is -2.30. The third-order valence-corrected chi connectivity index (χ3v) is 16.3. The second-order valence-corrected chi connectivity index (χ2v) is 19.0. The van der Waals surface area contributed by atoms with E-state index in [2.05, 4.69) is 199 Å². The number of rotatable bonds is 2. The van der Waals surface area contributed by atoms with Gasteiger partial charge in [-0.25, -0.2) is 4.98 Å². The number of fused-ring (bicyclic) bond motifs is 21. The van der Waals surface area contributed by atoms with Gasteiger partial charge in [-0.1, -0.05) is 140 Å². The molecule has 0 aliphatic heterocycles. The normalized spacial score (nSPS) is 13.6. The lowest BCUT2D eigenvalue weighted by molar-refractivity contribution is 0.795. The molecule has 2 nitrogen and oxygen atoms in total. The molecular weight excluding hydrogens is 789 g/mol. The van der Waals surface area contributed by atoms with E-state index < -0.39 is 5.41 Å². The summed E-state index contributed by atoms with van der Waals surface area (Å²) >= 11 is 3.77. The van der Waals surface area contributed by atoms with Crippen LogP contribution in [0.3, 0.4) is 0 Å². The van der Waals surface area contributed by atoms with Crippen molar-refractivity contribution in [2.24, 2.45) is 0 Å². The Morgan fingerprint density at radius 1 is 0.387 bits per heavy atom. The largest absolute Gasteiger partial charge is 0.301 e. The second kappa shape index (κ2) is 11.9. The van der Waals surface area contributed by atoms with E-state index in [9.17, 15) is 0 Å². The Kier molecular flexibility index (Phi) is 6.41. The average Bonchev–Trinajstić information content (AvgIpc) is 4.11. The highest BCUT2D eigenvalue weighted by Crippen LogP contribution is 2.63. The van der Waals surface area contributed by atoms with Crippen LogP contribution in [0.25, 0.3) is 112 Å².